The lowest BCUT2D eigenvalue weighted by Crippen LogP contribution is -1.93. The Hall–Kier alpha value is -2.06. The van der Waals surface area contributed by atoms with Crippen molar-refractivity contribution < 1.29 is 9.47 Å². The van der Waals surface area contributed by atoms with Gasteiger partial charge < -0.3 is 9.47 Å². The third-order valence-corrected chi connectivity index (χ3v) is 3.36. The van der Waals surface area contributed by atoms with E-state index in [1.165, 1.54) is 7.11 Å². The summed E-state index contributed by atoms with van der Waals surface area (Å²) in [6.45, 7) is 1.95. The number of hydrogen-bond acceptors (Lipinski definition) is 4. The number of halogens is 1. The molecule has 0 N–H and O–H groups in total. The quantitative estimate of drug-likeness (QED) is 0.863. The predicted molar refractivity (Wildman–Crippen MR) is 74.5 cm³/mol. The fourth-order valence-electron chi connectivity index (χ4n) is 1.50. The second-order valence-corrected chi connectivity index (χ2v) is 4.71. The second kappa shape index (κ2) is 5.72. The lowest BCUT2D eigenvalue weighted by atomic mass is 10.2. The number of aromatic nitrogens is 1. The summed E-state index contributed by atoms with van der Waals surface area (Å²) in [5, 5.41) is 8.84. The second-order valence-electron chi connectivity index (χ2n) is 3.85. The molecular formula is C14H11BrN2O2. The van der Waals surface area contributed by atoms with Gasteiger partial charge in [0.25, 0.3) is 0 Å². The summed E-state index contributed by atoms with van der Waals surface area (Å²) in [5.74, 6) is 1.50. The number of aryl methyl sites for hydroxylation is 1. The van der Waals surface area contributed by atoms with Crippen molar-refractivity contribution in [1.82, 2.24) is 4.98 Å². The van der Waals surface area contributed by atoms with E-state index in [1.54, 1.807) is 24.4 Å². The first-order valence-corrected chi connectivity index (χ1v) is 6.31. The van der Waals surface area contributed by atoms with Crippen molar-refractivity contribution in [2.45, 2.75) is 6.92 Å². The summed E-state index contributed by atoms with van der Waals surface area (Å²) < 4.78 is 11.8. The van der Waals surface area contributed by atoms with E-state index in [9.17, 15) is 0 Å². The lowest BCUT2D eigenvalue weighted by molar-refractivity contribution is 0.374. The molecule has 19 heavy (non-hydrogen) atoms. The van der Waals surface area contributed by atoms with Crippen molar-refractivity contribution in [1.29, 1.82) is 5.26 Å². The average molecular weight is 319 g/mol. The molecule has 4 nitrogen and oxygen atoms in total. The molecule has 0 aliphatic carbocycles. The third kappa shape index (κ3) is 3.04. The number of ether oxygens (including phenoxy) is 2. The van der Waals surface area contributed by atoms with Crippen LogP contribution in [0.1, 0.15) is 11.1 Å². The van der Waals surface area contributed by atoms with E-state index in [4.69, 9.17) is 14.7 Å². The van der Waals surface area contributed by atoms with Gasteiger partial charge in [-0.2, -0.15) is 5.26 Å². The van der Waals surface area contributed by atoms with Crippen molar-refractivity contribution in [3.8, 4) is 23.4 Å². The first kappa shape index (κ1) is 13.4. The molecule has 0 radical (unpaired) electrons. The molecular weight excluding hydrogens is 308 g/mol. The third-order valence-electron chi connectivity index (χ3n) is 2.53. The van der Waals surface area contributed by atoms with Gasteiger partial charge in [0.1, 0.15) is 0 Å². The highest BCUT2D eigenvalue weighted by molar-refractivity contribution is 9.10. The minimum Gasteiger partial charge on any atom is -0.493 e. The van der Waals surface area contributed by atoms with Gasteiger partial charge in [0, 0.05) is 22.8 Å². The molecule has 5 heteroatoms. The Bertz CT molecular complexity index is 650. The van der Waals surface area contributed by atoms with Gasteiger partial charge in [-0.05, 0) is 40.5 Å². The van der Waals surface area contributed by atoms with E-state index in [0.717, 1.165) is 10.0 Å². The molecule has 2 aromatic rings. The highest BCUT2D eigenvalue weighted by Crippen LogP contribution is 2.32. The van der Waals surface area contributed by atoms with Crippen LogP contribution in [0.5, 0.6) is 17.4 Å². The Morgan fingerprint density at radius 1 is 1.26 bits per heavy atom. The van der Waals surface area contributed by atoms with Crippen LogP contribution in [0.4, 0.5) is 0 Å². The molecule has 0 spiro atoms. The van der Waals surface area contributed by atoms with Crippen LogP contribution in [0.2, 0.25) is 0 Å². The first-order valence-electron chi connectivity index (χ1n) is 5.52. The van der Waals surface area contributed by atoms with Crippen molar-refractivity contribution >= 4 is 15.9 Å². The summed E-state index contributed by atoms with van der Waals surface area (Å²) in [6, 6.07) is 8.86. The number of benzene rings is 1. The number of hydrogen-bond donors (Lipinski definition) is 0. The SMILES string of the molecule is COc1cc(C#N)ccc1Oc1cc(C)c(Br)cn1. The van der Waals surface area contributed by atoms with E-state index < -0.39 is 0 Å². The fraction of sp³-hybridized carbons (Fsp3) is 0.143. The van der Waals surface area contributed by atoms with Crippen LogP contribution in [0.3, 0.4) is 0 Å². The zero-order chi connectivity index (χ0) is 13.8. The number of nitriles is 1. The van der Waals surface area contributed by atoms with Gasteiger partial charge in [0.05, 0.1) is 18.7 Å². The van der Waals surface area contributed by atoms with Gasteiger partial charge in [0.2, 0.25) is 5.88 Å². The maximum atomic E-state index is 8.84. The monoisotopic (exact) mass is 318 g/mol. The molecule has 0 aliphatic heterocycles. The summed E-state index contributed by atoms with van der Waals surface area (Å²) in [5.41, 5.74) is 1.54. The molecule has 0 aliphatic rings. The van der Waals surface area contributed by atoms with Gasteiger partial charge in [-0.1, -0.05) is 0 Å². The molecule has 0 atom stereocenters. The minimum atomic E-state index is 0.476. The summed E-state index contributed by atoms with van der Waals surface area (Å²) >= 11 is 3.38. The molecule has 1 heterocycles. The molecule has 1 aromatic heterocycles. The van der Waals surface area contributed by atoms with Crippen molar-refractivity contribution in [3.05, 3.63) is 46.1 Å². The van der Waals surface area contributed by atoms with E-state index in [2.05, 4.69) is 27.0 Å². The maximum Gasteiger partial charge on any atom is 0.219 e. The Morgan fingerprint density at radius 3 is 2.68 bits per heavy atom. The minimum absolute atomic E-state index is 0.476. The molecule has 0 amide bonds. The van der Waals surface area contributed by atoms with Crippen LogP contribution in [0.25, 0.3) is 0 Å². The van der Waals surface area contributed by atoms with Crippen molar-refractivity contribution in [2.75, 3.05) is 7.11 Å². The fourth-order valence-corrected chi connectivity index (χ4v) is 1.72. The van der Waals surface area contributed by atoms with Crippen LogP contribution in [0, 0.1) is 18.3 Å². The van der Waals surface area contributed by atoms with E-state index in [1.807, 2.05) is 13.0 Å². The number of rotatable bonds is 3. The normalized spacial score (nSPS) is 9.79. The van der Waals surface area contributed by atoms with Crippen LogP contribution < -0.4 is 9.47 Å². The van der Waals surface area contributed by atoms with E-state index in [-0.39, 0.29) is 0 Å². The van der Waals surface area contributed by atoms with Gasteiger partial charge in [0.15, 0.2) is 11.5 Å². The average Bonchev–Trinajstić information content (AvgIpc) is 2.43. The molecule has 96 valence electrons. The smallest absolute Gasteiger partial charge is 0.219 e. The summed E-state index contributed by atoms with van der Waals surface area (Å²) in [4.78, 5) is 4.16. The van der Waals surface area contributed by atoms with Gasteiger partial charge >= 0.3 is 0 Å². The summed E-state index contributed by atoms with van der Waals surface area (Å²) in [7, 11) is 1.53. The predicted octanol–water partition coefficient (Wildman–Crippen LogP) is 3.83. The molecule has 0 bridgehead atoms. The first-order chi connectivity index (χ1) is 9.13. The molecule has 0 saturated heterocycles. The zero-order valence-electron chi connectivity index (χ0n) is 10.5. The standard InChI is InChI=1S/C14H11BrN2O2/c1-9-5-14(17-8-11(9)15)19-12-4-3-10(7-16)6-13(12)18-2/h3-6,8H,1-2H3. The van der Waals surface area contributed by atoms with Gasteiger partial charge in [-0.15, -0.1) is 0 Å². The molecule has 0 fully saturated rings. The highest BCUT2D eigenvalue weighted by Gasteiger charge is 2.08. The highest BCUT2D eigenvalue weighted by atomic mass is 79.9. The van der Waals surface area contributed by atoms with E-state index in [0.29, 0.717) is 22.9 Å². The van der Waals surface area contributed by atoms with Crippen molar-refractivity contribution in [3.63, 3.8) is 0 Å². The van der Waals surface area contributed by atoms with Gasteiger partial charge in [-0.25, -0.2) is 4.98 Å². The largest absolute Gasteiger partial charge is 0.493 e. The van der Waals surface area contributed by atoms with Crippen LogP contribution in [-0.2, 0) is 0 Å². The van der Waals surface area contributed by atoms with Crippen molar-refractivity contribution in [2.24, 2.45) is 0 Å². The number of pyridine rings is 1. The Balaban J connectivity index is 2.32. The lowest BCUT2D eigenvalue weighted by Gasteiger charge is -2.10. The Labute approximate surface area is 119 Å². The summed E-state index contributed by atoms with van der Waals surface area (Å²) in [6.07, 6.45) is 1.68. The maximum absolute atomic E-state index is 8.84. The molecule has 1 aromatic carbocycles. The van der Waals surface area contributed by atoms with Crippen LogP contribution in [0.15, 0.2) is 34.9 Å². The molecule has 0 saturated carbocycles. The van der Waals surface area contributed by atoms with Crippen LogP contribution >= 0.6 is 15.9 Å². The molecule has 0 unspecified atom stereocenters. The topological polar surface area (TPSA) is 55.1 Å². The van der Waals surface area contributed by atoms with E-state index >= 15 is 0 Å². The van der Waals surface area contributed by atoms with Gasteiger partial charge in [-0.3, -0.25) is 0 Å². The molecule has 2 rings (SSSR count). The zero-order valence-corrected chi connectivity index (χ0v) is 12.1. The number of methoxy groups -OCH3 is 1. The van der Waals surface area contributed by atoms with Crippen LogP contribution in [-0.4, -0.2) is 12.1 Å². The Kier molecular flexibility index (Phi) is 4.03. The Morgan fingerprint density at radius 2 is 2.05 bits per heavy atom. The number of nitrogens with zero attached hydrogens (tertiary/aromatic N) is 2.